The first-order valence-corrected chi connectivity index (χ1v) is 7.90. The number of halogens is 2. The summed E-state index contributed by atoms with van der Waals surface area (Å²) < 4.78 is 5.28. The standard InChI is InChI=1S/C15H29N3O2.2ClH/c1-12-3-7-18(8-4-12)13(2)11-17-14(19)15(16)5-9-20-10-6-15;;/h12-13H,3-11,16H2,1-2H3,(H,17,19);2*1H. The second-order valence-corrected chi connectivity index (χ2v) is 6.55. The summed E-state index contributed by atoms with van der Waals surface area (Å²) in [5.74, 6) is 0.820. The molecule has 2 aliphatic heterocycles. The number of piperidine rings is 1. The minimum Gasteiger partial charge on any atom is -0.381 e. The average molecular weight is 356 g/mol. The van der Waals surface area contributed by atoms with Crippen LogP contribution in [0.15, 0.2) is 0 Å². The van der Waals surface area contributed by atoms with Crippen molar-refractivity contribution in [3.63, 3.8) is 0 Å². The van der Waals surface area contributed by atoms with Crippen LogP contribution in [0.25, 0.3) is 0 Å². The molecule has 0 saturated carbocycles. The molecule has 0 radical (unpaired) electrons. The van der Waals surface area contributed by atoms with Crippen molar-refractivity contribution in [2.75, 3.05) is 32.8 Å². The normalized spacial score (nSPS) is 23.8. The fourth-order valence-electron chi connectivity index (χ4n) is 2.98. The molecule has 132 valence electrons. The lowest BCUT2D eigenvalue weighted by atomic mass is 9.90. The van der Waals surface area contributed by atoms with Gasteiger partial charge in [0.2, 0.25) is 5.91 Å². The highest BCUT2D eigenvalue weighted by Gasteiger charge is 2.36. The van der Waals surface area contributed by atoms with Gasteiger partial charge in [-0.1, -0.05) is 6.92 Å². The van der Waals surface area contributed by atoms with Crippen molar-refractivity contribution in [1.29, 1.82) is 0 Å². The van der Waals surface area contributed by atoms with Crippen LogP contribution >= 0.6 is 24.8 Å². The molecule has 5 nitrogen and oxygen atoms in total. The topological polar surface area (TPSA) is 67.6 Å². The molecule has 2 aliphatic rings. The summed E-state index contributed by atoms with van der Waals surface area (Å²) in [4.78, 5) is 14.7. The number of nitrogens with zero attached hydrogens (tertiary/aromatic N) is 1. The van der Waals surface area contributed by atoms with E-state index in [-0.39, 0.29) is 30.7 Å². The minimum atomic E-state index is -0.728. The number of rotatable bonds is 4. The van der Waals surface area contributed by atoms with Gasteiger partial charge in [-0.3, -0.25) is 9.69 Å². The number of ether oxygens (including phenoxy) is 1. The van der Waals surface area contributed by atoms with Gasteiger partial charge in [-0.15, -0.1) is 24.8 Å². The molecule has 1 atom stereocenters. The van der Waals surface area contributed by atoms with E-state index in [1.165, 1.54) is 12.8 Å². The van der Waals surface area contributed by atoms with Crippen LogP contribution in [-0.2, 0) is 9.53 Å². The number of amides is 1. The van der Waals surface area contributed by atoms with Crippen LogP contribution in [0.2, 0.25) is 0 Å². The summed E-state index contributed by atoms with van der Waals surface area (Å²) in [6.07, 6.45) is 3.76. The lowest BCUT2D eigenvalue weighted by Gasteiger charge is -2.36. The van der Waals surface area contributed by atoms with Gasteiger partial charge in [0.15, 0.2) is 0 Å². The Bertz CT molecular complexity index is 331. The molecule has 0 bridgehead atoms. The Labute approximate surface area is 146 Å². The molecular formula is C15H31Cl2N3O2. The first-order chi connectivity index (χ1) is 9.51. The Hall–Kier alpha value is -0.0700. The second kappa shape index (κ2) is 9.93. The van der Waals surface area contributed by atoms with Crippen LogP contribution < -0.4 is 11.1 Å². The first kappa shape index (κ1) is 21.9. The summed E-state index contributed by atoms with van der Waals surface area (Å²) in [6.45, 7) is 8.64. The lowest BCUT2D eigenvalue weighted by molar-refractivity contribution is -0.130. The largest absolute Gasteiger partial charge is 0.381 e. The molecule has 2 heterocycles. The minimum absolute atomic E-state index is 0. The number of likely N-dealkylation sites (tertiary alicyclic amines) is 1. The third-order valence-corrected chi connectivity index (χ3v) is 4.84. The maximum absolute atomic E-state index is 12.2. The molecule has 2 saturated heterocycles. The quantitative estimate of drug-likeness (QED) is 0.803. The van der Waals surface area contributed by atoms with Crippen molar-refractivity contribution in [2.24, 2.45) is 11.7 Å². The van der Waals surface area contributed by atoms with Gasteiger partial charge >= 0.3 is 0 Å². The van der Waals surface area contributed by atoms with Gasteiger partial charge in [0.05, 0.1) is 5.54 Å². The van der Waals surface area contributed by atoms with E-state index in [9.17, 15) is 4.79 Å². The van der Waals surface area contributed by atoms with Crippen LogP contribution in [-0.4, -0.2) is 55.2 Å². The summed E-state index contributed by atoms with van der Waals surface area (Å²) in [5, 5.41) is 3.04. The fourth-order valence-corrected chi connectivity index (χ4v) is 2.98. The second-order valence-electron chi connectivity index (χ2n) is 6.55. The Kier molecular flexibility index (Phi) is 9.90. The molecule has 2 rings (SSSR count). The molecule has 22 heavy (non-hydrogen) atoms. The van der Waals surface area contributed by atoms with Crippen molar-refractivity contribution in [2.45, 2.75) is 51.1 Å². The van der Waals surface area contributed by atoms with E-state index in [2.05, 4.69) is 24.1 Å². The van der Waals surface area contributed by atoms with E-state index < -0.39 is 5.54 Å². The Morgan fingerprint density at radius 1 is 1.32 bits per heavy atom. The number of carbonyl (C=O) groups is 1. The van der Waals surface area contributed by atoms with Gasteiger partial charge in [-0.25, -0.2) is 0 Å². The highest BCUT2D eigenvalue weighted by atomic mass is 35.5. The van der Waals surface area contributed by atoms with Crippen LogP contribution in [0.3, 0.4) is 0 Å². The summed E-state index contributed by atoms with van der Waals surface area (Å²) in [7, 11) is 0. The van der Waals surface area contributed by atoms with Crippen LogP contribution in [0.4, 0.5) is 0 Å². The maximum Gasteiger partial charge on any atom is 0.240 e. The van der Waals surface area contributed by atoms with Crippen LogP contribution in [0.5, 0.6) is 0 Å². The van der Waals surface area contributed by atoms with Gasteiger partial charge < -0.3 is 15.8 Å². The zero-order valence-corrected chi connectivity index (χ0v) is 15.3. The van der Waals surface area contributed by atoms with E-state index in [0.717, 1.165) is 19.0 Å². The Morgan fingerprint density at radius 2 is 1.86 bits per heavy atom. The molecule has 0 aromatic heterocycles. The van der Waals surface area contributed by atoms with Crippen molar-refractivity contribution >= 4 is 30.7 Å². The summed E-state index contributed by atoms with van der Waals surface area (Å²) >= 11 is 0. The maximum atomic E-state index is 12.2. The van der Waals surface area contributed by atoms with E-state index in [1.54, 1.807) is 0 Å². The molecule has 0 spiro atoms. The molecule has 1 amide bonds. The molecule has 3 N–H and O–H groups in total. The zero-order valence-electron chi connectivity index (χ0n) is 13.7. The Morgan fingerprint density at radius 3 is 2.41 bits per heavy atom. The predicted octanol–water partition coefficient (Wildman–Crippen LogP) is 1.57. The number of hydrogen-bond acceptors (Lipinski definition) is 4. The molecule has 1 unspecified atom stereocenters. The highest BCUT2D eigenvalue weighted by molar-refractivity contribution is 5.86. The summed E-state index contributed by atoms with van der Waals surface area (Å²) in [5.41, 5.74) is 5.45. The van der Waals surface area contributed by atoms with E-state index in [4.69, 9.17) is 10.5 Å². The van der Waals surface area contributed by atoms with Crippen molar-refractivity contribution in [3.8, 4) is 0 Å². The van der Waals surface area contributed by atoms with Crippen molar-refractivity contribution in [1.82, 2.24) is 10.2 Å². The monoisotopic (exact) mass is 355 g/mol. The van der Waals surface area contributed by atoms with Crippen LogP contribution in [0.1, 0.15) is 39.5 Å². The number of hydrogen-bond donors (Lipinski definition) is 2. The molecular weight excluding hydrogens is 325 g/mol. The summed E-state index contributed by atoms with van der Waals surface area (Å²) in [6, 6.07) is 0.384. The smallest absolute Gasteiger partial charge is 0.240 e. The van der Waals surface area contributed by atoms with Gasteiger partial charge in [-0.2, -0.15) is 0 Å². The van der Waals surface area contributed by atoms with Gasteiger partial charge in [0, 0.05) is 25.8 Å². The number of carbonyl (C=O) groups excluding carboxylic acids is 1. The molecule has 2 fully saturated rings. The van der Waals surface area contributed by atoms with Gasteiger partial charge in [0.25, 0.3) is 0 Å². The van der Waals surface area contributed by atoms with E-state index >= 15 is 0 Å². The third kappa shape index (κ3) is 5.85. The average Bonchev–Trinajstić information content (AvgIpc) is 2.46. The Balaban J connectivity index is 0.00000220. The molecule has 0 aliphatic carbocycles. The van der Waals surface area contributed by atoms with Crippen molar-refractivity contribution < 1.29 is 9.53 Å². The van der Waals surface area contributed by atoms with E-state index in [0.29, 0.717) is 38.6 Å². The number of nitrogens with two attached hydrogens (primary N) is 1. The van der Waals surface area contributed by atoms with E-state index in [1.807, 2.05) is 0 Å². The fraction of sp³-hybridized carbons (Fsp3) is 0.933. The van der Waals surface area contributed by atoms with Crippen molar-refractivity contribution in [3.05, 3.63) is 0 Å². The highest BCUT2D eigenvalue weighted by Crippen LogP contribution is 2.19. The molecule has 0 aromatic carbocycles. The SMILES string of the molecule is CC1CCN(C(C)CNC(=O)C2(N)CCOCC2)CC1.Cl.Cl. The lowest BCUT2D eigenvalue weighted by Crippen LogP contribution is -2.58. The number of nitrogens with one attached hydrogen (secondary N) is 1. The first-order valence-electron chi connectivity index (χ1n) is 7.90. The molecule has 0 aromatic rings. The molecule has 7 heteroatoms. The third-order valence-electron chi connectivity index (χ3n) is 4.84. The zero-order chi connectivity index (χ0) is 14.6. The van der Waals surface area contributed by atoms with Gasteiger partial charge in [0.1, 0.15) is 0 Å². The van der Waals surface area contributed by atoms with Crippen LogP contribution in [0, 0.1) is 5.92 Å². The van der Waals surface area contributed by atoms with Gasteiger partial charge in [-0.05, 0) is 51.6 Å². The predicted molar refractivity (Wildman–Crippen MR) is 93.9 cm³/mol.